The Kier molecular flexibility index (Phi) is 6.29. The monoisotopic (exact) mass is 300 g/mol. The fraction of sp³-hybridized carbons (Fsp3) is 0.368. The lowest BCUT2D eigenvalue weighted by Gasteiger charge is -2.14. The number of nitrogens with two attached hydrogens (primary N) is 2. The van der Waals surface area contributed by atoms with E-state index in [1.165, 1.54) is 0 Å². The maximum absolute atomic E-state index is 9.93. The van der Waals surface area contributed by atoms with Gasteiger partial charge >= 0.3 is 0 Å². The van der Waals surface area contributed by atoms with E-state index in [1.54, 1.807) is 6.07 Å². The molecule has 5 N–H and O–H groups in total. The normalized spacial score (nSPS) is 10.5. The minimum absolute atomic E-state index is 0.388. The first-order valence-electron chi connectivity index (χ1n) is 7.67. The molecule has 0 bridgehead atoms. The summed E-state index contributed by atoms with van der Waals surface area (Å²) in [5, 5.41) is 9.93. The summed E-state index contributed by atoms with van der Waals surface area (Å²) in [5.41, 5.74) is 15.6. The molecule has 0 atom stereocenters. The molecule has 0 unspecified atom stereocenters. The second kappa shape index (κ2) is 7.74. The molecule has 0 aromatic heterocycles. The molecule has 0 heterocycles. The third-order valence-corrected chi connectivity index (χ3v) is 3.65. The van der Waals surface area contributed by atoms with Crippen molar-refractivity contribution >= 4 is 11.4 Å². The topological polar surface area (TPSA) is 72.3 Å². The Hall–Kier alpha value is -2.16. The van der Waals surface area contributed by atoms with Crippen LogP contribution in [0.4, 0.5) is 11.4 Å². The van der Waals surface area contributed by atoms with E-state index in [1.807, 2.05) is 37.3 Å². The van der Waals surface area contributed by atoms with Gasteiger partial charge in [-0.1, -0.05) is 52.0 Å². The molecule has 0 saturated heterocycles. The summed E-state index contributed by atoms with van der Waals surface area (Å²) < 4.78 is 0. The second-order valence-corrected chi connectivity index (χ2v) is 6.21. The number of rotatable bonds is 2. The highest BCUT2D eigenvalue weighted by Gasteiger charge is 2.11. The van der Waals surface area contributed by atoms with Crippen molar-refractivity contribution in [3.8, 4) is 5.75 Å². The van der Waals surface area contributed by atoms with Crippen LogP contribution in [0.2, 0.25) is 0 Å². The van der Waals surface area contributed by atoms with Gasteiger partial charge in [-0.25, -0.2) is 0 Å². The van der Waals surface area contributed by atoms with E-state index >= 15 is 0 Å². The Morgan fingerprint density at radius 3 is 1.73 bits per heavy atom. The summed E-state index contributed by atoms with van der Waals surface area (Å²) in [6.45, 7) is 10.3. The van der Waals surface area contributed by atoms with Crippen LogP contribution in [0.25, 0.3) is 0 Å². The Labute approximate surface area is 134 Å². The minimum atomic E-state index is 0.388. The molecule has 120 valence electrons. The highest BCUT2D eigenvalue weighted by Crippen LogP contribution is 2.32. The van der Waals surface area contributed by atoms with Crippen molar-refractivity contribution in [2.45, 2.75) is 46.5 Å². The zero-order valence-corrected chi connectivity index (χ0v) is 14.2. The van der Waals surface area contributed by atoms with Crippen molar-refractivity contribution in [1.82, 2.24) is 0 Å². The Morgan fingerprint density at radius 1 is 0.864 bits per heavy atom. The number of aryl methyl sites for hydroxylation is 1. The van der Waals surface area contributed by atoms with Crippen LogP contribution >= 0.6 is 0 Å². The molecule has 3 heteroatoms. The van der Waals surface area contributed by atoms with Crippen LogP contribution in [0.3, 0.4) is 0 Å². The first kappa shape index (κ1) is 17.9. The highest BCUT2D eigenvalue weighted by atomic mass is 16.3. The van der Waals surface area contributed by atoms with Gasteiger partial charge in [-0.05, 0) is 47.6 Å². The van der Waals surface area contributed by atoms with E-state index in [2.05, 4.69) is 27.7 Å². The number of hydrogen-bond acceptors (Lipinski definition) is 3. The average Bonchev–Trinajstić information content (AvgIpc) is 2.43. The van der Waals surface area contributed by atoms with Gasteiger partial charge in [0.15, 0.2) is 0 Å². The number of phenolic OH excluding ortho intramolecular Hbond substituents is 1. The maximum atomic E-state index is 9.93. The number of anilines is 2. The fourth-order valence-electron chi connectivity index (χ4n) is 2.17. The first-order chi connectivity index (χ1) is 10.2. The molecular formula is C19H28N2O. The van der Waals surface area contributed by atoms with Crippen LogP contribution in [0, 0.1) is 6.92 Å². The quantitative estimate of drug-likeness (QED) is 0.698. The van der Waals surface area contributed by atoms with Crippen LogP contribution in [0.15, 0.2) is 36.4 Å². The molecule has 2 aromatic rings. The second-order valence-electron chi connectivity index (χ2n) is 6.21. The summed E-state index contributed by atoms with van der Waals surface area (Å²) in [6.07, 6.45) is 0. The zero-order chi connectivity index (χ0) is 16.9. The summed E-state index contributed by atoms with van der Waals surface area (Å²) >= 11 is 0. The van der Waals surface area contributed by atoms with Crippen molar-refractivity contribution in [1.29, 1.82) is 0 Å². The third-order valence-electron chi connectivity index (χ3n) is 3.65. The van der Waals surface area contributed by atoms with Crippen LogP contribution in [-0.2, 0) is 0 Å². The Bertz CT molecular complexity index is 593. The van der Waals surface area contributed by atoms with Gasteiger partial charge < -0.3 is 16.6 Å². The SMILES string of the molecule is CC(C)c1cccc(C(C)C)c1O.Cc1ccc(N)cc1N. The summed E-state index contributed by atoms with van der Waals surface area (Å²) in [4.78, 5) is 0. The van der Waals surface area contributed by atoms with E-state index < -0.39 is 0 Å². The van der Waals surface area contributed by atoms with Gasteiger partial charge in [0.2, 0.25) is 0 Å². The van der Waals surface area contributed by atoms with E-state index in [0.29, 0.717) is 17.6 Å². The summed E-state index contributed by atoms with van der Waals surface area (Å²) in [7, 11) is 0. The molecule has 2 aromatic carbocycles. The molecule has 0 spiro atoms. The van der Waals surface area contributed by atoms with Gasteiger partial charge in [0.05, 0.1) is 0 Å². The number of nitrogen functional groups attached to an aromatic ring is 2. The van der Waals surface area contributed by atoms with Crippen molar-refractivity contribution < 1.29 is 5.11 Å². The Balaban J connectivity index is 0.000000235. The highest BCUT2D eigenvalue weighted by molar-refractivity contribution is 5.55. The van der Waals surface area contributed by atoms with Crippen LogP contribution in [0.5, 0.6) is 5.75 Å². The fourth-order valence-corrected chi connectivity index (χ4v) is 2.17. The lowest BCUT2D eigenvalue weighted by Crippen LogP contribution is -1.94. The predicted molar refractivity (Wildman–Crippen MR) is 96.3 cm³/mol. The molecule has 2 rings (SSSR count). The number of hydrogen-bond donors (Lipinski definition) is 3. The molecule has 0 amide bonds. The third kappa shape index (κ3) is 4.69. The molecule has 0 saturated carbocycles. The van der Waals surface area contributed by atoms with Crippen molar-refractivity contribution in [2.24, 2.45) is 0 Å². The van der Waals surface area contributed by atoms with E-state index in [9.17, 15) is 5.11 Å². The predicted octanol–water partition coefficient (Wildman–Crippen LogP) is 4.80. The van der Waals surface area contributed by atoms with Crippen LogP contribution < -0.4 is 11.5 Å². The van der Waals surface area contributed by atoms with Crippen molar-refractivity contribution in [3.63, 3.8) is 0 Å². The molecule has 0 fully saturated rings. The van der Waals surface area contributed by atoms with Crippen molar-refractivity contribution in [2.75, 3.05) is 11.5 Å². The van der Waals surface area contributed by atoms with Gasteiger partial charge in [-0.2, -0.15) is 0 Å². The number of phenols is 1. The van der Waals surface area contributed by atoms with Gasteiger partial charge in [-0.15, -0.1) is 0 Å². The molecular weight excluding hydrogens is 272 g/mol. The van der Waals surface area contributed by atoms with Gasteiger partial charge in [-0.3, -0.25) is 0 Å². The first-order valence-corrected chi connectivity index (χ1v) is 7.67. The van der Waals surface area contributed by atoms with Gasteiger partial charge in [0, 0.05) is 11.4 Å². The lowest BCUT2D eigenvalue weighted by atomic mass is 9.94. The molecule has 0 aliphatic carbocycles. The number of para-hydroxylation sites is 1. The van der Waals surface area contributed by atoms with E-state index in [4.69, 9.17) is 11.5 Å². The molecule has 3 nitrogen and oxygen atoms in total. The van der Waals surface area contributed by atoms with Gasteiger partial charge in [0.25, 0.3) is 0 Å². The molecule has 0 aliphatic rings. The lowest BCUT2D eigenvalue weighted by molar-refractivity contribution is 0.454. The smallest absolute Gasteiger partial charge is 0.122 e. The minimum Gasteiger partial charge on any atom is -0.507 e. The van der Waals surface area contributed by atoms with Crippen LogP contribution in [-0.4, -0.2) is 5.11 Å². The molecule has 22 heavy (non-hydrogen) atoms. The summed E-state index contributed by atoms with van der Waals surface area (Å²) in [5.74, 6) is 1.25. The zero-order valence-electron chi connectivity index (χ0n) is 14.2. The maximum Gasteiger partial charge on any atom is 0.122 e. The largest absolute Gasteiger partial charge is 0.507 e. The van der Waals surface area contributed by atoms with E-state index in [0.717, 1.165) is 28.1 Å². The number of aromatic hydroxyl groups is 1. The Morgan fingerprint density at radius 2 is 1.36 bits per heavy atom. The standard InChI is InChI=1S/C12H18O.C7H10N2/c1-8(2)10-6-5-7-11(9(3)4)12(10)13;1-5-2-3-6(8)4-7(5)9/h5-9,13H,1-4H3;2-4H,8-9H2,1H3. The van der Waals surface area contributed by atoms with Crippen molar-refractivity contribution in [3.05, 3.63) is 53.1 Å². The average molecular weight is 300 g/mol. The van der Waals surface area contributed by atoms with Crippen LogP contribution in [0.1, 0.15) is 56.2 Å². The number of benzene rings is 2. The van der Waals surface area contributed by atoms with E-state index in [-0.39, 0.29) is 0 Å². The molecule has 0 radical (unpaired) electrons. The summed E-state index contributed by atoms with van der Waals surface area (Å²) in [6, 6.07) is 11.5. The van der Waals surface area contributed by atoms with Gasteiger partial charge in [0.1, 0.15) is 5.75 Å². The molecule has 0 aliphatic heterocycles.